The van der Waals surface area contributed by atoms with Gasteiger partial charge in [0.25, 0.3) is 0 Å². The highest BCUT2D eigenvalue weighted by molar-refractivity contribution is 7.80. The Kier molecular flexibility index (Phi) is 6.75. The minimum Gasteiger partial charge on any atom is -0.465 e. The van der Waals surface area contributed by atoms with Crippen LogP contribution < -0.4 is 15.5 Å². The molecule has 1 atom stereocenters. The van der Waals surface area contributed by atoms with Crippen LogP contribution in [0.3, 0.4) is 0 Å². The van der Waals surface area contributed by atoms with E-state index in [2.05, 4.69) is 39.8 Å². The number of benzene rings is 2. The van der Waals surface area contributed by atoms with Crippen molar-refractivity contribution in [1.29, 1.82) is 0 Å². The number of methoxy groups -OCH3 is 1. The Bertz CT molecular complexity index is 851. The highest BCUT2D eigenvalue weighted by atomic mass is 35.5. The molecule has 0 saturated carbocycles. The van der Waals surface area contributed by atoms with Gasteiger partial charge in [-0.05, 0) is 67.9 Å². The first kappa shape index (κ1) is 20.4. The van der Waals surface area contributed by atoms with Crippen LogP contribution in [-0.2, 0) is 4.74 Å². The van der Waals surface area contributed by atoms with Crippen LogP contribution in [0.1, 0.15) is 41.7 Å². The maximum atomic E-state index is 11.7. The van der Waals surface area contributed by atoms with Gasteiger partial charge in [0.1, 0.15) is 0 Å². The third-order valence-electron chi connectivity index (χ3n) is 4.85. The van der Waals surface area contributed by atoms with Gasteiger partial charge in [0.2, 0.25) is 0 Å². The first-order valence-corrected chi connectivity index (χ1v) is 10.1. The molecule has 148 valence electrons. The monoisotopic (exact) mass is 417 g/mol. The summed E-state index contributed by atoms with van der Waals surface area (Å²) in [4.78, 5) is 14.1. The second kappa shape index (κ2) is 9.26. The van der Waals surface area contributed by atoms with Gasteiger partial charge in [0.05, 0.1) is 29.4 Å². The second-order valence-corrected chi connectivity index (χ2v) is 7.61. The molecule has 2 N–H and O–H groups in total. The van der Waals surface area contributed by atoms with Crippen LogP contribution in [0.2, 0.25) is 5.02 Å². The average Bonchev–Trinajstić information content (AvgIpc) is 3.24. The van der Waals surface area contributed by atoms with Crippen LogP contribution >= 0.6 is 23.8 Å². The summed E-state index contributed by atoms with van der Waals surface area (Å²) in [5.74, 6) is -0.426. The molecular formula is C21H24ClN3O2S. The molecule has 1 unspecified atom stereocenters. The zero-order chi connectivity index (χ0) is 20.1. The first-order valence-electron chi connectivity index (χ1n) is 9.28. The van der Waals surface area contributed by atoms with Gasteiger partial charge in [-0.3, -0.25) is 0 Å². The van der Waals surface area contributed by atoms with Gasteiger partial charge in [0.15, 0.2) is 5.11 Å². The Morgan fingerprint density at radius 1 is 1.18 bits per heavy atom. The molecule has 1 aliphatic heterocycles. The van der Waals surface area contributed by atoms with Crippen molar-refractivity contribution in [2.24, 2.45) is 0 Å². The molecule has 7 heteroatoms. The highest BCUT2D eigenvalue weighted by Gasteiger charge is 2.14. The fourth-order valence-electron chi connectivity index (χ4n) is 3.25. The Morgan fingerprint density at radius 3 is 2.50 bits per heavy atom. The normalized spacial score (nSPS) is 14.5. The lowest BCUT2D eigenvalue weighted by atomic mass is 10.1. The summed E-state index contributed by atoms with van der Waals surface area (Å²) in [6.45, 7) is 4.31. The molecule has 2 aromatic rings. The predicted molar refractivity (Wildman–Crippen MR) is 118 cm³/mol. The van der Waals surface area contributed by atoms with Gasteiger partial charge in [-0.15, -0.1) is 0 Å². The largest absolute Gasteiger partial charge is 0.465 e. The molecule has 1 heterocycles. The molecule has 0 aromatic heterocycles. The molecule has 3 rings (SSSR count). The van der Waals surface area contributed by atoms with Crippen molar-refractivity contribution < 1.29 is 9.53 Å². The Labute approximate surface area is 176 Å². The van der Waals surface area contributed by atoms with E-state index in [1.165, 1.54) is 25.6 Å². The average molecular weight is 418 g/mol. The van der Waals surface area contributed by atoms with Crippen LogP contribution in [0.4, 0.5) is 11.4 Å². The van der Waals surface area contributed by atoms with E-state index in [1.54, 1.807) is 18.2 Å². The van der Waals surface area contributed by atoms with Gasteiger partial charge < -0.3 is 20.3 Å². The third kappa shape index (κ3) is 4.94. The Morgan fingerprint density at radius 2 is 1.86 bits per heavy atom. The van der Waals surface area contributed by atoms with Crippen LogP contribution in [0.15, 0.2) is 42.5 Å². The van der Waals surface area contributed by atoms with E-state index in [-0.39, 0.29) is 6.04 Å². The van der Waals surface area contributed by atoms with Crippen molar-refractivity contribution in [3.05, 3.63) is 58.6 Å². The number of nitrogens with zero attached hydrogens (tertiary/aromatic N) is 1. The number of carbonyl (C=O) groups excluding carboxylic acids is 1. The summed E-state index contributed by atoms with van der Waals surface area (Å²) in [5, 5.41) is 7.22. The molecule has 5 nitrogen and oxygen atoms in total. The molecule has 0 aliphatic carbocycles. The first-order chi connectivity index (χ1) is 13.5. The van der Waals surface area contributed by atoms with Crippen molar-refractivity contribution >= 4 is 46.3 Å². The standard InChI is InChI=1S/C21H24ClN3O2S/c1-14(15-5-8-17(9-6-15)25-11-3-4-12-25)23-21(28)24-19-13-16(20(26)27-2)7-10-18(19)22/h5-10,13-14H,3-4,11-12H2,1-2H3,(H2,23,24,28). The van der Waals surface area contributed by atoms with Crippen molar-refractivity contribution in [3.63, 3.8) is 0 Å². The number of rotatable bonds is 5. The van der Waals surface area contributed by atoms with Gasteiger partial charge in [-0.25, -0.2) is 4.79 Å². The summed E-state index contributed by atoms with van der Waals surface area (Å²) in [5.41, 5.74) is 3.36. The zero-order valence-corrected chi connectivity index (χ0v) is 17.6. The molecule has 1 fully saturated rings. The number of nitrogens with one attached hydrogen (secondary N) is 2. The van der Waals surface area contributed by atoms with Crippen molar-refractivity contribution in [3.8, 4) is 0 Å². The van der Waals surface area contributed by atoms with Gasteiger partial charge >= 0.3 is 5.97 Å². The van der Waals surface area contributed by atoms with E-state index in [0.29, 0.717) is 21.4 Å². The van der Waals surface area contributed by atoms with Crippen molar-refractivity contribution in [2.75, 3.05) is 30.4 Å². The molecule has 28 heavy (non-hydrogen) atoms. The number of esters is 1. The summed E-state index contributed by atoms with van der Waals surface area (Å²) in [6.07, 6.45) is 2.53. The molecule has 0 amide bonds. The maximum absolute atomic E-state index is 11.7. The lowest BCUT2D eigenvalue weighted by Gasteiger charge is -2.21. The van der Waals surface area contributed by atoms with E-state index in [4.69, 9.17) is 28.6 Å². The topological polar surface area (TPSA) is 53.6 Å². The summed E-state index contributed by atoms with van der Waals surface area (Å²) in [6, 6.07) is 13.5. The number of ether oxygens (including phenoxy) is 1. The quantitative estimate of drug-likeness (QED) is 0.539. The smallest absolute Gasteiger partial charge is 0.337 e. The number of halogens is 1. The van der Waals surface area contributed by atoms with Crippen molar-refractivity contribution in [2.45, 2.75) is 25.8 Å². The molecular weight excluding hydrogens is 394 g/mol. The minimum atomic E-state index is -0.426. The summed E-state index contributed by atoms with van der Waals surface area (Å²) >= 11 is 11.6. The number of thiocarbonyl (C=S) groups is 1. The molecule has 0 bridgehead atoms. The summed E-state index contributed by atoms with van der Waals surface area (Å²) in [7, 11) is 1.34. The number of carbonyl (C=O) groups is 1. The van der Waals surface area contributed by atoms with Gasteiger partial charge in [0, 0.05) is 18.8 Å². The highest BCUT2D eigenvalue weighted by Crippen LogP contribution is 2.25. The van der Waals surface area contributed by atoms with Gasteiger partial charge in [-0.2, -0.15) is 0 Å². The SMILES string of the molecule is COC(=O)c1ccc(Cl)c(NC(=S)NC(C)c2ccc(N3CCCC3)cc2)c1. The van der Waals surface area contributed by atoms with E-state index in [1.807, 2.05) is 6.92 Å². The number of hydrogen-bond acceptors (Lipinski definition) is 4. The second-order valence-electron chi connectivity index (χ2n) is 6.79. The Hall–Kier alpha value is -2.31. The van der Waals surface area contributed by atoms with E-state index < -0.39 is 5.97 Å². The maximum Gasteiger partial charge on any atom is 0.337 e. The summed E-state index contributed by atoms with van der Waals surface area (Å²) < 4.78 is 4.74. The zero-order valence-electron chi connectivity index (χ0n) is 16.0. The number of hydrogen-bond donors (Lipinski definition) is 2. The van der Waals surface area contributed by atoms with Crippen LogP contribution in [0, 0.1) is 0 Å². The van der Waals surface area contributed by atoms with Crippen LogP contribution in [-0.4, -0.2) is 31.3 Å². The van der Waals surface area contributed by atoms with E-state index >= 15 is 0 Å². The van der Waals surface area contributed by atoms with E-state index in [0.717, 1.165) is 18.7 Å². The lowest BCUT2D eigenvalue weighted by Crippen LogP contribution is -2.31. The molecule has 1 saturated heterocycles. The van der Waals surface area contributed by atoms with Crippen molar-refractivity contribution in [1.82, 2.24) is 5.32 Å². The fourth-order valence-corrected chi connectivity index (χ4v) is 3.70. The van der Waals surface area contributed by atoms with E-state index in [9.17, 15) is 4.79 Å². The molecule has 2 aromatic carbocycles. The molecule has 1 aliphatic rings. The Balaban J connectivity index is 1.62. The lowest BCUT2D eigenvalue weighted by molar-refractivity contribution is 0.0601. The fraction of sp³-hybridized carbons (Fsp3) is 0.333. The third-order valence-corrected chi connectivity index (χ3v) is 5.40. The minimum absolute atomic E-state index is 0.0233. The van der Waals surface area contributed by atoms with Gasteiger partial charge in [-0.1, -0.05) is 23.7 Å². The van der Waals surface area contributed by atoms with Crippen LogP contribution in [0.25, 0.3) is 0 Å². The predicted octanol–water partition coefficient (Wildman–Crippen LogP) is 4.77. The molecule has 0 radical (unpaired) electrons. The number of anilines is 2. The van der Waals surface area contributed by atoms with Crippen LogP contribution in [0.5, 0.6) is 0 Å². The molecule has 0 spiro atoms.